The summed E-state index contributed by atoms with van der Waals surface area (Å²) in [6.07, 6.45) is 1.60. The minimum Gasteiger partial charge on any atom is -0.398 e. The fourth-order valence-electron chi connectivity index (χ4n) is 3.79. The molecule has 1 aromatic heterocycles. The molecular weight excluding hydrogens is 749 g/mol. The van der Waals surface area contributed by atoms with Gasteiger partial charge < -0.3 is 16.4 Å². The highest BCUT2D eigenvalue weighted by Gasteiger charge is 2.20. The van der Waals surface area contributed by atoms with Crippen molar-refractivity contribution in [1.82, 2.24) is 15.0 Å². The third kappa shape index (κ3) is 10.3. The summed E-state index contributed by atoms with van der Waals surface area (Å²) in [6, 6.07) is 11.5. The molecule has 0 spiro atoms. The number of hydrogen-bond donors (Lipinski definition) is 7. The van der Waals surface area contributed by atoms with Crippen LogP contribution in [0.4, 0.5) is 46.3 Å². The van der Waals surface area contributed by atoms with Crippen LogP contribution in [0, 0.1) is 11.5 Å². The summed E-state index contributed by atoms with van der Waals surface area (Å²) in [4.78, 5) is 10.5. The number of nitrogen functional groups attached to an aromatic ring is 1. The molecule has 0 aliphatic rings. The van der Waals surface area contributed by atoms with Gasteiger partial charge in [0.1, 0.15) is 10.6 Å². The molecule has 50 heavy (non-hydrogen) atoms. The fraction of sp³-hybridized carbons (Fsp3) is 0.0833. The van der Waals surface area contributed by atoms with Crippen LogP contribution in [0.15, 0.2) is 85.6 Å². The van der Waals surface area contributed by atoms with Gasteiger partial charge in [0.25, 0.3) is 20.2 Å². The van der Waals surface area contributed by atoms with Gasteiger partial charge in [-0.1, -0.05) is 12.1 Å². The molecule has 3 aromatic carbocycles. The van der Waals surface area contributed by atoms with Gasteiger partial charge in [-0.2, -0.15) is 50.6 Å². The molecule has 0 bridgehead atoms. The number of nitriles is 1. The van der Waals surface area contributed by atoms with Crippen molar-refractivity contribution in [3.05, 3.63) is 60.7 Å². The van der Waals surface area contributed by atoms with E-state index in [0.29, 0.717) is 0 Å². The second-order valence-electron chi connectivity index (χ2n) is 9.44. The van der Waals surface area contributed by atoms with Crippen molar-refractivity contribution in [3.8, 4) is 6.19 Å². The Morgan fingerprint density at radius 1 is 0.780 bits per heavy atom. The first-order valence-corrected chi connectivity index (χ1v) is 18.9. The number of hydrogen-bond acceptors (Lipinski definition) is 19. The maximum Gasteiger partial charge on any atom is 0.397 e. The van der Waals surface area contributed by atoms with Crippen LogP contribution in [0.25, 0.3) is 0 Å². The van der Waals surface area contributed by atoms with Crippen LogP contribution in [0.3, 0.4) is 0 Å². The van der Waals surface area contributed by atoms with E-state index in [-0.39, 0.29) is 45.5 Å². The van der Waals surface area contributed by atoms with Crippen LogP contribution < -0.4 is 21.7 Å². The van der Waals surface area contributed by atoms with E-state index in [1.807, 2.05) is 0 Å². The van der Waals surface area contributed by atoms with E-state index in [2.05, 4.69) is 45.3 Å². The smallest absolute Gasteiger partial charge is 0.397 e. The predicted octanol–water partition coefficient (Wildman–Crippen LogP) is 2.34. The number of rotatable bonds is 14. The Bertz CT molecular complexity index is 2470. The number of nitrogens with zero attached hydrogens (tertiary/aromatic N) is 6. The normalized spacial score (nSPS) is 12.4. The van der Waals surface area contributed by atoms with Crippen LogP contribution in [-0.2, 0) is 44.7 Å². The van der Waals surface area contributed by atoms with E-state index in [0.717, 1.165) is 36.4 Å². The lowest BCUT2D eigenvalue weighted by Gasteiger charge is -2.13. The topological polar surface area (TPSA) is 356 Å². The first kappa shape index (κ1) is 37.4. The molecule has 0 amide bonds. The van der Waals surface area contributed by atoms with Gasteiger partial charge in [-0.25, -0.2) is 12.6 Å². The van der Waals surface area contributed by atoms with Gasteiger partial charge in [-0.15, -0.1) is 5.11 Å². The predicted molar refractivity (Wildman–Crippen MR) is 173 cm³/mol. The maximum absolute atomic E-state index is 12.6. The highest BCUT2D eigenvalue weighted by atomic mass is 32.3. The summed E-state index contributed by atoms with van der Waals surface area (Å²) in [5.41, 5.74) is 4.91. The van der Waals surface area contributed by atoms with Gasteiger partial charge in [-0.05, 0) is 48.5 Å². The van der Waals surface area contributed by atoms with Gasteiger partial charge in [-0.3, -0.25) is 19.0 Å². The van der Waals surface area contributed by atoms with Crippen molar-refractivity contribution in [1.29, 1.82) is 5.26 Å². The summed E-state index contributed by atoms with van der Waals surface area (Å²) in [5.74, 6) is -1.77. The molecule has 1 heterocycles. The van der Waals surface area contributed by atoms with E-state index >= 15 is 0 Å². The van der Waals surface area contributed by atoms with Crippen molar-refractivity contribution in [2.24, 2.45) is 10.2 Å². The SMILES string of the molecule is N#CNc1nc(Nc2cccc(S(=O)(=O)O)c2)nc(Nc2cc(N)c(S(=O)(=O)O)cc2N=Nc2cccc(S(=O)(=O)CCOS(=O)(=O)O)c2)n1. The first-order chi connectivity index (χ1) is 23.2. The third-order valence-electron chi connectivity index (χ3n) is 5.88. The molecule has 0 saturated carbocycles. The van der Waals surface area contributed by atoms with Crippen molar-refractivity contribution >= 4 is 86.8 Å². The molecule has 0 aliphatic heterocycles. The Kier molecular flexibility index (Phi) is 10.9. The first-order valence-electron chi connectivity index (χ1n) is 13.0. The van der Waals surface area contributed by atoms with Crippen LogP contribution >= 0.6 is 0 Å². The van der Waals surface area contributed by atoms with Crippen LogP contribution in [0.1, 0.15) is 0 Å². The van der Waals surface area contributed by atoms with Gasteiger partial charge in [0.15, 0.2) is 16.0 Å². The highest BCUT2D eigenvalue weighted by Crippen LogP contribution is 2.36. The highest BCUT2D eigenvalue weighted by molar-refractivity contribution is 7.91. The zero-order chi connectivity index (χ0) is 36.9. The van der Waals surface area contributed by atoms with Crippen LogP contribution in [-0.4, -0.2) is 74.6 Å². The van der Waals surface area contributed by atoms with E-state index in [1.165, 1.54) is 24.3 Å². The van der Waals surface area contributed by atoms with Crippen LogP contribution in [0.2, 0.25) is 0 Å². The fourth-order valence-corrected chi connectivity index (χ4v) is 6.46. The Morgan fingerprint density at radius 3 is 2.06 bits per heavy atom. The molecule has 0 unspecified atom stereocenters. The van der Waals surface area contributed by atoms with Crippen molar-refractivity contribution in [2.45, 2.75) is 14.7 Å². The Morgan fingerprint density at radius 2 is 1.42 bits per heavy atom. The van der Waals surface area contributed by atoms with Gasteiger partial charge in [0.05, 0.1) is 39.2 Å². The second kappa shape index (κ2) is 14.6. The van der Waals surface area contributed by atoms with Crippen LogP contribution in [0.5, 0.6) is 0 Å². The summed E-state index contributed by atoms with van der Waals surface area (Å²) >= 11 is 0. The van der Waals surface area contributed by atoms with Gasteiger partial charge >= 0.3 is 10.4 Å². The molecule has 8 N–H and O–H groups in total. The molecule has 4 aromatic rings. The maximum atomic E-state index is 12.6. The zero-order valence-corrected chi connectivity index (χ0v) is 27.9. The minimum absolute atomic E-state index is 0.0895. The van der Waals surface area contributed by atoms with Crippen molar-refractivity contribution in [3.63, 3.8) is 0 Å². The van der Waals surface area contributed by atoms with Crippen molar-refractivity contribution < 1.29 is 51.5 Å². The number of anilines is 6. The zero-order valence-electron chi connectivity index (χ0n) is 24.6. The Balaban J connectivity index is 1.72. The number of nitrogens with one attached hydrogen (secondary N) is 3. The monoisotopic (exact) mass is 770 g/mol. The number of aromatic nitrogens is 3. The molecular formula is C24H22N10O12S4. The number of nitrogens with two attached hydrogens (primary N) is 1. The second-order valence-corrected chi connectivity index (χ2v) is 15.5. The lowest BCUT2D eigenvalue weighted by atomic mass is 10.2. The molecule has 0 aliphatic carbocycles. The molecule has 0 atom stereocenters. The Labute approximate surface area is 283 Å². The minimum atomic E-state index is -4.91. The number of azo groups is 1. The average molecular weight is 771 g/mol. The third-order valence-corrected chi connectivity index (χ3v) is 9.78. The van der Waals surface area contributed by atoms with Crippen molar-refractivity contribution in [2.75, 3.05) is 34.0 Å². The molecule has 0 fully saturated rings. The number of benzene rings is 3. The molecule has 26 heteroatoms. The molecule has 4 rings (SSSR count). The van der Waals surface area contributed by atoms with Gasteiger partial charge in [0, 0.05) is 5.69 Å². The quantitative estimate of drug-likeness (QED) is 0.0318. The largest absolute Gasteiger partial charge is 0.398 e. The van der Waals surface area contributed by atoms with E-state index in [9.17, 15) is 42.8 Å². The lowest BCUT2D eigenvalue weighted by Crippen LogP contribution is -2.15. The summed E-state index contributed by atoms with van der Waals surface area (Å²) < 4.78 is 126. The van der Waals surface area contributed by atoms with Gasteiger partial charge in [0.2, 0.25) is 17.8 Å². The Hall–Kier alpha value is -5.40. The molecule has 22 nitrogen and oxygen atoms in total. The molecule has 0 saturated heterocycles. The average Bonchev–Trinajstić information content (AvgIpc) is 2.99. The van der Waals surface area contributed by atoms with E-state index < -0.39 is 68.3 Å². The number of sulfone groups is 1. The summed E-state index contributed by atoms with van der Waals surface area (Å²) in [7, 11) is -18.5. The molecule has 0 radical (unpaired) electrons. The van der Waals surface area contributed by atoms with E-state index in [4.69, 9.17) is 15.5 Å². The standard InChI is InChI=1S/C24H22N10O12S4/c25-13-27-22-30-23(28-14-3-1-6-17(9-14)48(37,38)39)32-24(31-22)29-19-11-18(26)21(49(40,41)42)12-20(19)34-33-15-4-2-5-16(10-15)47(35,36)8-7-46-50(43,44)45/h1-6,9-12H,7-8,26H2,(H,37,38,39)(H,40,41,42)(H,43,44,45)(H3,27,28,29,30,31,32). The molecule has 264 valence electrons. The summed E-state index contributed by atoms with van der Waals surface area (Å²) in [5, 5.41) is 24.5. The lowest BCUT2D eigenvalue weighted by molar-refractivity contribution is 0.284. The van der Waals surface area contributed by atoms with E-state index in [1.54, 1.807) is 6.19 Å². The summed E-state index contributed by atoms with van der Waals surface area (Å²) in [6.45, 7) is -0.886.